The van der Waals surface area contributed by atoms with Gasteiger partial charge in [0.05, 0.1) is 11.8 Å². The Labute approximate surface area is 164 Å². The highest BCUT2D eigenvalue weighted by atomic mass is 32.1. The second-order valence-corrected chi connectivity index (χ2v) is 7.90. The third-order valence-corrected chi connectivity index (χ3v) is 6.21. The van der Waals surface area contributed by atoms with E-state index in [1.165, 1.54) is 5.56 Å². The molecule has 1 aromatic heterocycles. The molecule has 3 heterocycles. The minimum Gasteiger partial charge on any atom is -0.376 e. The number of thiocarbonyl (C=S) groups is 1. The first-order valence-corrected chi connectivity index (χ1v) is 10.5. The zero-order valence-electron chi connectivity index (χ0n) is 14.8. The molecule has 0 spiro atoms. The third-order valence-electron chi connectivity index (χ3n) is 4.90. The van der Waals surface area contributed by atoms with Crippen LogP contribution in [0, 0.1) is 0 Å². The quantitative estimate of drug-likeness (QED) is 0.812. The number of benzene rings is 1. The first-order valence-electron chi connectivity index (χ1n) is 9.20. The highest BCUT2D eigenvalue weighted by Gasteiger charge is 2.22. The van der Waals surface area contributed by atoms with Crippen LogP contribution in [-0.2, 0) is 4.74 Å². The molecule has 0 radical (unpaired) electrons. The summed E-state index contributed by atoms with van der Waals surface area (Å²) < 4.78 is 5.65. The molecule has 26 heavy (non-hydrogen) atoms. The highest BCUT2D eigenvalue weighted by Crippen LogP contribution is 2.27. The van der Waals surface area contributed by atoms with E-state index in [4.69, 9.17) is 21.9 Å². The van der Waals surface area contributed by atoms with E-state index < -0.39 is 0 Å². The van der Waals surface area contributed by atoms with Gasteiger partial charge >= 0.3 is 0 Å². The number of nitrogens with one attached hydrogen (secondary N) is 1. The number of rotatable bonds is 4. The average molecular weight is 389 g/mol. The van der Waals surface area contributed by atoms with Gasteiger partial charge in [-0.05, 0) is 25.1 Å². The number of nitrogens with zero attached hydrogens (tertiary/aromatic N) is 3. The lowest BCUT2D eigenvalue weighted by Gasteiger charge is -2.36. The van der Waals surface area contributed by atoms with Crippen LogP contribution in [0.5, 0.6) is 0 Å². The molecule has 2 aromatic rings. The van der Waals surface area contributed by atoms with Crippen molar-refractivity contribution in [3.8, 4) is 11.3 Å². The van der Waals surface area contributed by atoms with E-state index in [0.29, 0.717) is 6.10 Å². The predicted octanol–water partition coefficient (Wildman–Crippen LogP) is 2.99. The molecule has 2 saturated heterocycles. The Morgan fingerprint density at radius 1 is 1.23 bits per heavy atom. The molecule has 1 unspecified atom stereocenters. The standard InChI is InChI=1S/C19H24N4OS2/c25-18(20-13-16-7-4-12-24-16)22-8-10-23(11-9-22)19-21-17(14-26-19)15-5-2-1-3-6-15/h1-3,5-6,14,16H,4,7-13H2,(H,20,25). The van der Waals surface area contributed by atoms with Crippen LogP contribution in [-0.4, -0.2) is 60.4 Å². The van der Waals surface area contributed by atoms with Crippen LogP contribution >= 0.6 is 23.6 Å². The van der Waals surface area contributed by atoms with E-state index in [0.717, 1.165) is 68.1 Å². The van der Waals surface area contributed by atoms with E-state index in [1.807, 2.05) is 6.07 Å². The van der Waals surface area contributed by atoms with E-state index in [1.54, 1.807) is 11.3 Å². The van der Waals surface area contributed by atoms with Crippen molar-refractivity contribution < 1.29 is 4.74 Å². The van der Waals surface area contributed by atoms with Gasteiger partial charge in [-0.1, -0.05) is 30.3 Å². The summed E-state index contributed by atoms with van der Waals surface area (Å²) in [4.78, 5) is 9.44. The molecular weight excluding hydrogens is 364 g/mol. The topological polar surface area (TPSA) is 40.6 Å². The number of piperazine rings is 1. The molecule has 2 fully saturated rings. The summed E-state index contributed by atoms with van der Waals surface area (Å²) >= 11 is 7.28. The van der Waals surface area contributed by atoms with Crippen molar-refractivity contribution in [3.05, 3.63) is 35.7 Å². The summed E-state index contributed by atoms with van der Waals surface area (Å²) in [6, 6.07) is 10.4. The van der Waals surface area contributed by atoms with Crippen LogP contribution in [0.1, 0.15) is 12.8 Å². The van der Waals surface area contributed by atoms with Crippen molar-refractivity contribution in [3.63, 3.8) is 0 Å². The number of hydrogen-bond acceptors (Lipinski definition) is 5. The summed E-state index contributed by atoms with van der Waals surface area (Å²) in [5, 5.41) is 7.47. The van der Waals surface area contributed by atoms with Crippen LogP contribution in [0.4, 0.5) is 5.13 Å². The van der Waals surface area contributed by atoms with E-state index >= 15 is 0 Å². The first kappa shape index (κ1) is 17.7. The van der Waals surface area contributed by atoms with Gasteiger partial charge in [0, 0.05) is 50.3 Å². The normalized spacial score (nSPS) is 20.4. The fourth-order valence-electron chi connectivity index (χ4n) is 3.37. The maximum Gasteiger partial charge on any atom is 0.185 e. The summed E-state index contributed by atoms with van der Waals surface area (Å²) in [6.45, 7) is 5.46. The van der Waals surface area contributed by atoms with Gasteiger partial charge < -0.3 is 19.9 Å². The minimum absolute atomic E-state index is 0.320. The average Bonchev–Trinajstić information content (AvgIpc) is 3.39. The monoisotopic (exact) mass is 388 g/mol. The number of anilines is 1. The Hall–Kier alpha value is -1.70. The van der Waals surface area contributed by atoms with Crippen LogP contribution in [0.25, 0.3) is 11.3 Å². The second-order valence-electron chi connectivity index (χ2n) is 6.68. The molecular formula is C19H24N4OS2. The SMILES string of the molecule is S=C(NCC1CCCO1)N1CCN(c2nc(-c3ccccc3)cs2)CC1. The lowest BCUT2D eigenvalue weighted by Crippen LogP contribution is -2.52. The lowest BCUT2D eigenvalue weighted by molar-refractivity contribution is 0.113. The molecule has 0 saturated carbocycles. The van der Waals surface area contributed by atoms with Crippen molar-refractivity contribution >= 4 is 33.8 Å². The van der Waals surface area contributed by atoms with E-state index in [9.17, 15) is 0 Å². The van der Waals surface area contributed by atoms with Crippen LogP contribution < -0.4 is 10.2 Å². The van der Waals surface area contributed by atoms with Crippen molar-refractivity contribution in [2.45, 2.75) is 18.9 Å². The Kier molecular flexibility index (Phi) is 5.67. The van der Waals surface area contributed by atoms with E-state index in [-0.39, 0.29) is 0 Å². The predicted molar refractivity (Wildman–Crippen MR) is 111 cm³/mol. The maximum atomic E-state index is 5.65. The van der Waals surface area contributed by atoms with Gasteiger partial charge in [-0.2, -0.15) is 0 Å². The molecule has 2 aliphatic rings. The molecule has 1 aromatic carbocycles. The van der Waals surface area contributed by atoms with Crippen molar-refractivity contribution in [2.75, 3.05) is 44.2 Å². The smallest absolute Gasteiger partial charge is 0.185 e. The Balaban J connectivity index is 1.28. The Morgan fingerprint density at radius 3 is 2.77 bits per heavy atom. The molecule has 0 amide bonds. The van der Waals surface area contributed by atoms with Crippen LogP contribution in [0.2, 0.25) is 0 Å². The molecule has 2 aliphatic heterocycles. The first-order chi connectivity index (χ1) is 12.8. The van der Waals surface area contributed by atoms with Gasteiger partial charge in [0.2, 0.25) is 0 Å². The zero-order valence-corrected chi connectivity index (χ0v) is 16.4. The molecule has 5 nitrogen and oxygen atoms in total. The van der Waals surface area contributed by atoms with Gasteiger partial charge in [-0.25, -0.2) is 4.98 Å². The van der Waals surface area contributed by atoms with Crippen LogP contribution in [0.15, 0.2) is 35.7 Å². The summed E-state index contributed by atoms with van der Waals surface area (Å²) in [7, 11) is 0. The number of ether oxygens (including phenoxy) is 1. The lowest BCUT2D eigenvalue weighted by atomic mass is 10.2. The summed E-state index contributed by atoms with van der Waals surface area (Å²) in [6.07, 6.45) is 2.62. The number of thiazole rings is 1. The Bertz CT molecular complexity index is 722. The molecule has 4 rings (SSSR count). The molecule has 1 N–H and O–H groups in total. The van der Waals surface area contributed by atoms with Crippen LogP contribution in [0.3, 0.4) is 0 Å². The minimum atomic E-state index is 0.320. The molecule has 138 valence electrons. The van der Waals surface area contributed by atoms with Crippen molar-refractivity contribution in [1.82, 2.24) is 15.2 Å². The van der Waals surface area contributed by atoms with Gasteiger partial charge in [0.15, 0.2) is 10.2 Å². The van der Waals surface area contributed by atoms with Crippen molar-refractivity contribution in [1.29, 1.82) is 0 Å². The fraction of sp³-hybridized carbons (Fsp3) is 0.474. The second kappa shape index (κ2) is 8.33. The van der Waals surface area contributed by atoms with Gasteiger partial charge in [-0.15, -0.1) is 11.3 Å². The van der Waals surface area contributed by atoms with E-state index in [2.05, 4.69) is 44.8 Å². The summed E-state index contributed by atoms with van der Waals surface area (Å²) in [5.41, 5.74) is 2.23. The van der Waals surface area contributed by atoms with Gasteiger partial charge in [-0.3, -0.25) is 0 Å². The Morgan fingerprint density at radius 2 is 2.04 bits per heavy atom. The van der Waals surface area contributed by atoms with Gasteiger partial charge in [0.25, 0.3) is 0 Å². The van der Waals surface area contributed by atoms with Gasteiger partial charge in [0.1, 0.15) is 0 Å². The fourth-order valence-corrected chi connectivity index (χ4v) is 4.52. The summed E-state index contributed by atoms with van der Waals surface area (Å²) in [5.74, 6) is 0. The zero-order chi connectivity index (χ0) is 17.8. The third kappa shape index (κ3) is 4.16. The van der Waals surface area contributed by atoms with Crippen molar-refractivity contribution in [2.24, 2.45) is 0 Å². The maximum absolute atomic E-state index is 5.65. The largest absolute Gasteiger partial charge is 0.376 e. The molecule has 0 bridgehead atoms. The molecule has 0 aliphatic carbocycles. The number of hydrogen-bond donors (Lipinski definition) is 1. The molecule has 7 heteroatoms. The number of aromatic nitrogens is 1. The highest BCUT2D eigenvalue weighted by molar-refractivity contribution is 7.80. The molecule has 1 atom stereocenters.